The Morgan fingerprint density at radius 2 is 2.00 bits per heavy atom. The van der Waals surface area contributed by atoms with Crippen molar-refractivity contribution in [3.63, 3.8) is 0 Å². The molecule has 0 fully saturated rings. The molecule has 1 aromatic carbocycles. The van der Waals surface area contributed by atoms with E-state index >= 15 is 0 Å². The number of aryl methyl sites for hydroxylation is 1. The Morgan fingerprint density at radius 1 is 1.15 bits per heavy atom. The molecule has 26 heavy (non-hydrogen) atoms. The van der Waals surface area contributed by atoms with Gasteiger partial charge in [0.1, 0.15) is 28.8 Å². The molecule has 0 aliphatic heterocycles. The Kier molecular flexibility index (Phi) is 5.48. The number of rotatable bonds is 7. The van der Waals surface area contributed by atoms with Crippen molar-refractivity contribution in [1.29, 1.82) is 0 Å². The predicted octanol–water partition coefficient (Wildman–Crippen LogP) is 2.93. The summed E-state index contributed by atoms with van der Waals surface area (Å²) in [6, 6.07) is 12.8. The van der Waals surface area contributed by atoms with E-state index in [1.807, 2.05) is 36.4 Å². The number of anilines is 1. The maximum absolute atomic E-state index is 12.5. The summed E-state index contributed by atoms with van der Waals surface area (Å²) in [6.45, 7) is 2.57. The third kappa shape index (κ3) is 4.38. The fraction of sp³-hybridized carbons (Fsp3) is 0.211. The number of hydrogen-bond donors (Lipinski definition) is 2. The molecule has 3 rings (SSSR count). The quantitative estimate of drug-likeness (QED) is 0.680. The highest BCUT2D eigenvalue weighted by Gasteiger charge is 2.12. The van der Waals surface area contributed by atoms with Crippen LogP contribution in [-0.4, -0.2) is 23.0 Å². The maximum atomic E-state index is 12.5. The number of para-hydroxylation sites is 1. The number of methoxy groups -OCH3 is 1. The standard InChI is InChI=1S/C19H20N4O3/c1-13-22-16(10-18(23-13)20-12-15-7-5-9-26-15)19(24)21-11-14-6-3-4-8-17(14)25-2/h3-10H,11-12H2,1-2H3,(H,21,24)(H,20,22,23). The van der Waals surface area contributed by atoms with E-state index in [0.717, 1.165) is 17.1 Å². The van der Waals surface area contributed by atoms with Gasteiger partial charge in [-0.05, 0) is 25.1 Å². The highest BCUT2D eigenvalue weighted by Crippen LogP contribution is 2.17. The lowest BCUT2D eigenvalue weighted by Crippen LogP contribution is -2.24. The van der Waals surface area contributed by atoms with Crippen LogP contribution in [0, 0.1) is 6.92 Å². The number of furan rings is 1. The third-order valence-electron chi connectivity index (χ3n) is 3.73. The summed E-state index contributed by atoms with van der Waals surface area (Å²) in [7, 11) is 1.60. The van der Waals surface area contributed by atoms with Crippen molar-refractivity contribution in [2.24, 2.45) is 0 Å². The molecular weight excluding hydrogens is 332 g/mol. The first kappa shape index (κ1) is 17.5. The minimum Gasteiger partial charge on any atom is -0.496 e. The monoisotopic (exact) mass is 352 g/mol. The molecule has 0 aliphatic rings. The zero-order valence-electron chi connectivity index (χ0n) is 14.7. The molecule has 0 unspecified atom stereocenters. The zero-order valence-corrected chi connectivity index (χ0v) is 14.7. The molecule has 2 heterocycles. The van der Waals surface area contributed by atoms with Crippen LogP contribution in [0.15, 0.2) is 53.1 Å². The summed E-state index contributed by atoms with van der Waals surface area (Å²) in [5.41, 5.74) is 1.19. The first-order valence-corrected chi connectivity index (χ1v) is 8.18. The molecule has 2 aromatic heterocycles. The van der Waals surface area contributed by atoms with Gasteiger partial charge in [-0.3, -0.25) is 4.79 Å². The topological polar surface area (TPSA) is 89.3 Å². The summed E-state index contributed by atoms with van der Waals surface area (Å²) in [4.78, 5) is 21.0. The molecule has 0 aliphatic carbocycles. The van der Waals surface area contributed by atoms with E-state index in [2.05, 4.69) is 20.6 Å². The van der Waals surface area contributed by atoms with Gasteiger partial charge in [0.05, 0.1) is 19.9 Å². The van der Waals surface area contributed by atoms with E-state index in [-0.39, 0.29) is 5.91 Å². The fourth-order valence-corrected chi connectivity index (χ4v) is 2.48. The van der Waals surface area contributed by atoms with Crippen molar-refractivity contribution in [2.75, 3.05) is 12.4 Å². The lowest BCUT2D eigenvalue weighted by Gasteiger charge is -2.10. The summed E-state index contributed by atoms with van der Waals surface area (Å²) >= 11 is 0. The van der Waals surface area contributed by atoms with Crippen LogP contribution in [0.25, 0.3) is 0 Å². The Balaban J connectivity index is 1.66. The minimum atomic E-state index is -0.276. The third-order valence-corrected chi connectivity index (χ3v) is 3.73. The molecule has 0 atom stereocenters. The number of benzene rings is 1. The van der Waals surface area contributed by atoms with Gasteiger partial charge in [-0.2, -0.15) is 0 Å². The molecule has 7 heteroatoms. The Labute approximate surface area is 151 Å². The number of aromatic nitrogens is 2. The molecule has 0 spiro atoms. The highest BCUT2D eigenvalue weighted by molar-refractivity contribution is 5.92. The Hall–Kier alpha value is -3.35. The van der Waals surface area contributed by atoms with Crippen LogP contribution in [0.4, 0.5) is 5.82 Å². The van der Waals surface area contributed by atoms with Gasteiger partial charge in [0.25, 0.3) is 5.91 Å². The largest absolute Gasteiger partial charge is 0.496 e. The van der Waals surface area contributed by atoms with E-state index in [1.54, 1.807) is 26.4 Å². The predicted molar refractivity (Wildman–Crippen MR) is 97.0 cm³/mol. The fourth-order valence-electron chi connectivity index (χ4n) is 2.48. The van der Waals surface area contributed by atoms with E-state index < -0.39 is 0 Å². The molecule has 3 aromatic rings. The molecule has 0 saturated heterocycles. The van der Waals surface area contributed by atoms with Gasteiger partial charge in [-0.1, -0.05) is 18.2 Å². The number of carbonyl (C=O) groups excluding carboxylic acids is 1. The SMILES string of the molecule is COc1ccccc1CNC(=O)c1cc(NCc2ccco2)nc(C)n1. The number of carbonyl (C=O) groups is 1. The van der Waals surface area contributed by atoms with Gasteiger partial charge in [0.15, 0.2) is 0 Å². The van der Waals surface area contributed by atoms with Gasteiger partial charge < -0.3 is 19.8 Å². The van der Waals surface area contributed by atoms with E-state index in [9.17, 15) is 4.79 Å². The van der Waals surface area contributed by atoms with E-state index in [0.29, 0.717) is 30.4 Å². The average molecular weight is 352 g/mol. The summed E-state index contributed by atoms with van der Waals surface area (Å²) in [5.74, 6) is 2.31. The van der Waals surface area contributed by atoms with Gasteiger partial charge in [-0.15, -0.1) is 0 Å². The van der Waals surface area contributed by atoms with Crippen LogP contribution in [0.2, 0.25) is 0 Å². The molecule has 134 valence electrons. The first-order chi connectivity index (χ1) is 12.7. The molecule has 2 N–H and O–H groups in total. The molecular formula is C19H20N4O3. The van der Waals surface area contributed by atoms with Crippen LogP contribution in [0.3, 0.4) is 0 Å². The average Bonchev–Trinajstić information content (AvgIpc) is 3.18. The van der Waals surface area contributed by atoms with Crippen LogP contribution in [0.5, 0.6) is 5.75 Å². The van der Waals surface area contributed by atoms with Gasteiger partial charge in [-0.25, -0.2) is 9.97 Å². The number of amides is 1. The van der Waals surface area contributed by atoms with Crippen molar-refractivity contribution >= 4 is 11.7 Å². The van der Waals surface area contributed by atoms with Gasteiger partial charge in [0.2, 0.25) is 0 Å². The van der Waals surface area contributed by atoms with Crippen LogP contribution in [-0.2, 0) is 13.1 Å². The molecule has 0 saturated carbocycles. The highest BCUT2D eigenvalue weighted by atomic mass is 16.5. The van der Waals surface area contributed by atoms with E-state index in [1.165, 1.54) is 0 Å². The van der Waals surface area contributed by atoms with E-state index in [4.69, 9.17) is 9.15 Å². The molecule has 0 radical (unpaired) electrons. The van der Waals surface area contributed by atoms with Crippen molar-refractivity contribution < 1.29 is 13.9 Å². The number of hydrogen-bond acceptors (Lipinski definition) is 6. The smallest absolute Gasteiger partial charge is 0.270 e. The number of nitrogens with zero attached hydrogens (tertiary/aromatic N) is 2. The molecule has 7 nitrogen and oxygen atoms in total. The van der Waals surface area contributed by atoms with Crippen LogP contribution >= 0.6 is 0 Å². The van der Waals surface area contributed by atoms with Gasteiger partial charge in [0, 0.05) is 18.2 Å². The maximum Gasteiger partial charge on any atom is 0.270 e. The van der Waals surface area contributed by atoms with Crippen LogP contribution in [0.1, 0.15) is 27.6 Å². The van der Waals surface area contributed by atoms with Crippen molar-refractivity contribution in [3.05, 3.63) is 71.6 Å². The normalized spacial score (nSPS) is 10.4. The molecule has 0 bridgehead atoms. The van der Waals surface area contributed by atoms with Crippen molar-refractivity contribution in [1.82, 2.24) is 15.3 Å². The summed E-state index contributed by atoms with van der Waals surface area (Å²) in [6.07, 6.45) is 1.61. The van der Waals surface area contributed by atoms with Crippen molar-refractivity contribution in [2.45, 2.75) is 20.0 Å². The molecule has 1 amide bonds. The second-order valence-corrected chi connectivity index (χ2v) is 5.61. The number of nitrogens with one attached hydrogen (secondary N) is 2. The summed E-state index contributed by atoms with van der Waals surface area (Å²) in [5, 5.41) is 5.99. The van der Waals surface area contributed by atoms with Gasteiger partial charge >= 0.3 is 0 Å². The minimum absolute atomic E-state index is 0.276. The Bertz CT molecular complexity index is 878. The zero-order chi connectivity index (χ0) is 18.4. The lowest BCUT2D eigenvalue weighted by molar-refractivity contribution is 0.0945. The Morgan fingerprint density at radius 3 is 2.77 bits per heavy atom. The van der Waals surface area contributed by atoms with Crippen LogP contribution < -0.4 is 15.4 Å². The second kappa shape index (κ2) is 8.15. The van der Waals surface area contributed by atoms with Crippen molar-refractivity contribution in [3.8, 4) is 5.75 Å². The lowest BCUT2D eigenvalue weighted by atomic mass is 10.2. The number of ether oxygens (including phenoxy) is 1. The summed E-state index contributed by atoms with van der Waals surface area (Å²) < 4.78 is 10.6. The second-order valence-electron chi connectivity index (χ2n) is 5.61. The first-order valence-electron chi connectivity index (χ1n) is 8.18.